The fourth-order valence-corrected chi connectivity index (χ4v) is 4.82. The second-order valence-electron chi connectivity index (χ2n) is 8.33. The number of anilines is 1. The Morgan fingerprint density at radius 3 is 2.79 bits per heavy atom. The summed E-state index contributed by atoms with van der Waals surface area (Å²) >= 11 is 12.3. The van der Waals surface area contributed by atoms with Gasteiger partial charge in [-0.2, -0.15) is 0 Å². The van der Waals surface area contributed by atoms with E-state index in [-0.39, 0.29) is 18.0 Å². The number of fused-ring (bicyclic) bond motifs is 4. The van der Waals surface area contributed by atoms with Crippen molar-refractivity contribution in [2.24, 2.45) is 0 Å². The lowest BCUT2D eigenvalue weighted by Crippen LogP contribution is -2.65. The van der Waals surface area contributed by atoms with Crippen LogP contribution in [0.4, 0.5) is 10.5 Å². The Morgan fingerprint density at radius 1 is 1.15 bits per heavy atom. The van der Waals surface area contributed by atoms with Crippen LogP contribution in [0.25, 0.3) is 0 Å². The van der Waals surface area contributed by atoms with Gasteiger partial charge in [0.1, 0.15) is 5.75 Å². The molecule has 0 aromatic heterocycles. The van der Waals surface area contributed by atoms with Gasteiger partial charge in [-0.15, -0.1) is 0 Å². The predicted octanol–water partition coefficient (Wildman–Crippen LogP) is 5.69. The van der Waals surface area contributed by atoms with E-state index in [1.165, 1.54) is 0 Å². The predicted molar refractivity (Wildman–Crippen MR) is 128 cm³/mol. The molecule has 2 aliphatic rings. The van der Waals surface area contributed by atoms with E-state index >= 15 is 0 Å². The van der Waals surface area contributed by atoms with E-state index in [2.05, 4.69) is 10.6 Å². The van der Waals surface area contributed by atoms with E-state index in [0.717, 1.165) is 11.1 Å². The molecule has 0 radical (unpaired) electrons. The minimum absolute atomic E-state index is 0.205. The molecule has 2 aliphatic heterocycles. The lowest BCUT2D eigenvalue weighted by atomic mass is 9.90. The van der Waals surface area contributed by atoms with Crippen molar-refractivity contribution in [1.82, 2.24) is 10.6 Å². The average Bonchev–Trinajstić information content (AvgIpc) is 2.78. The van der Waals surface area contributed by atoms with Gasteiger partial charge in [-0.25, -0.2) is 4.79 Å². The Balaban J connectivity index is 1.40. The smallest absolute Gasteiger partial charge is 0.325 e. The van der Waals surface area contributed by atoms with Crippen LogP contribution in [0.15, 0.2) is 66.7 Å². The molecule has 6 nitrogen and oxygen atoms in total. The lowest BCUT2D eigenvalue weighted by molar-refractivity contribution is 0.0378. The van der Waals surface area contributed by atoms with Crippen LogP contribution in [0.5, 0.6) is 5.75 Å². The second kappa shape index (κ2) is 8.28. The molecule has 3 amide bonds. The standard InChI is InChI=1S/C25H21Cl2N3O3/c1-25-13-21(19-12-17(26)9-10-22(19)33-25)29-24(32)30(25)18-7-4-6-15(11-18)23(31)28-14-16-5-2-3-8-20(16)27/h2-12,21H,13-14H2,1H3,(H,28,31)(H,29,32)/t21-,25-/m1/s1. The third-order valence-corrected chi connectivity index (χ3v) is 6.60. The van der Waals surface area contributed by atoms with Crippen LogP contribution in [0.2, 0.25) is 10.0 Å². The fraction of sp³-hybridized carbons (Fsp3) is 0.200. The highest BCUT2D eigenvalue weighted by Crippen LogP contribution is 2.46. The maximum absolute atomic E-state index is 13.1. The zero-order valence-electron chi connectivity index (χ0n) is 17.8. The first-order valence-electron chi connectivity index (χ1n) is 10.5. The van der Waals surface area contributed by atoms with Crippen LogP contribution in [-0.4, -0.2) is 17.7 Å². The number of benzene rings is 3. The van der Waals surface area contributed by atoms with Gasteiger partial charge in [-0.05, 0) is 55.0 Å². The molecule has 2 heterocycles. The van der Waals surface area contributed by atoms with E-state index < -0.39 is 5.72 Å². The zero-order valence-corrected chi connectivity index (χ0v) is 19.3. The van der Waals surface area contributed by atoms with E-state index in [4.69, 9.17) is 27.9 Å². The summed E-state index contributed by atoms with van der Waals surface area (Å²) in [5.74, 6) is 0.415. The molecular formula is C25H21Cl2N3O3. The van der Waals surface area contributed by atoms with Crippen molar-refractivity contribution < 1.29 is 14.3 Å². The molecule has 168 valence electrons. The summed E-state index contributed by atoms with van der Waals surface area (Å²) in [7, 11) is 0. The average molecular weight is 482 g/mol. The normalized spacial score (nSPS) is 21.0. The quantitative estimate of drug-likeness (QED) is 0.502. The van der Waals surface area contributed by atoms with Crippen molar-refractivity contribution in [1.29, 1.82) is 0 Å². The highest BCUT2D eigenvalue weighted by atomic mass is 35.5. The van der Waals surface area contributed by atoms with Crippen molar-refractivity contribution in [3.8, 4) is 5.75 Å². The monoisotopic (exact) mass is 481 g/mol. The van der Waals surface area contributed by atoms with Gasteiger partial charge in [-0.1, -0.05) is 47.5 Å². The summed E-state index contributed by atoms with van der Waals surface area (Å²) in [6.07, 6.45) is 0.537. The first-order chi connectivity index (χ1) is 15.8. The topological polar surface area (TPSA) is 70.7 Å². The fourth-order valence-electron chi connectivity index (χ4n) is 4.44. The number of carbonyl (C=O) groups is 2. The maximum Gasteiger partial charge on any atom is 0.325 e. The van der Waals surface area contributed by atoms with Gasteiger partial charge in [0, 0.05) is 34.1 Å². The number of urea groups is 1. The molecular weight excluding hydrogens is 461 g/mol. The molecule has 0 unspecified atom stereocenters. The Morgan fingerprint density at radius 2 is 1.97 bits per heavy atom. The molecule has 2 N–H and O–H groups in total. The maximum atomic E-state index is 13.1. The van der Waals surface area contributed by atoms with Gasteiger partial charge in [0.2, 0.25) is 0 Å². The van der Waals surface area contributed by atoms with Crippen molar-refractivity contribution in [2.75, 3.05) is 4.90 Å². The minimum Gasteiger partial charge on any atom is -0.467 e. The van der Waals surface area contributed by atoms with Crippen LogP contribution >= 0.6 is 23.2 Å². The largest absolute Gasteiger partial charge is 0.467 e. The number of amides is 3. The van der Waals surface area contributed by atoms with Crippen molar-refractivity contribution >= 4 is 40.8 Å². The molecule has 2 bridgehead atoms. The number of ether oxygens (including phenoxy) is 1. The number of rotatable bonds is 4. The highest BCUT2D eigenvalue weighted by Gasteiger charge is 2.49. The summed E-state index contributed by atoms with van der Waals surface area (Å²) in [6, 6.07) is 19.2. The van der Waals surface area contributed by atoms with Crippen molar-refractivity contribution in [2.45, 2.75) is 31.7 Å². The van der Waals surface area contributed by atoms with E-state index in [1.54, 1.807) is 41.3 Å². The Labute approximate surface area is 201 Å². The number of hydrogen-bond acceptors (Lipinski definition) is 3. The van der Waals surface area contributed by atoms with E-state index in [9.17, 15) is 9.59 Å². The Bertz CT molecular complexity index is 1270. The Hall–Kier alpha value is -3.22. The molecule has 0 spiro atoms. The van der Waals surface area contributed by atoms with Gasteiger partial charge in [0.05, 0.1) is 11.7 Å². The Kier molecular flexibility index (Phi) is 5.43. The van der Waals surface area contributed by atoms with Gasteiger partial charge in [0.15, 0.2) is 5.72 Å². The molecule has 3 aromatic carbocycles. The molecule has 33 heavy (non-hydrogen) atoms. The van der Waals surface area contributed by atoms with Crippen LogP contribution < -0.4 is 20.3 Å². The van der Waals surface area contributed by atoms with Gasteiger partial charge in [0.25, 0.3) is 5.91 Å². The van der Waals surface area contributed by atoms with Crippen molar-refractivity contribution in [3.05, 3.63) is 93.5 Å². The summed E-state index contributed by atoms with van der Waals surface area (Å²) in [6.45, 7) is 2.18. The molecule has 1 fully saturated rings. The highest BCUT2D eigenvalue weighted by molar-refractivity contribution is 6.31. The number of halogens is 2. The molecule has 1 saturated heterocycles. The van der Waals surface area contributed by atoms with Crippen LogP contribution in [0.1, 0.15) is 40.9 Å². The van der Waals surface area contributed by atoms with E-state index in [0.29, 0.717) is 40.0 Å². The molecule has 0 saturated carbocycles. The van der Waals surface area contributed by atoms with Gasteiger partial charge >= 0.3 is 6.03 Å². The summed E-state index contributed by atoms with van der Waals surface area (Å²) in [4.78, 5) is 27.5. The van der Waals surface area contributed by atoms with Gasteiger partial charge < -0.3 is 15.4 Å². The number of nitrogens with zero attached hydrogens (tertiary/aromatic N) is 1. The molecule has 8 heteroatoms. The van der Waals surface area contributed by atoms with Crippen LogP contribution in [0.3, 0.4) is 0 Å². The zero-order chi connectivity index (χ0) is 23.2. The summed E-state index contributed by atoms with van der Waals surface area (Å²) < 4.78 is 6.29. The first-order valence-corrected chi connectivity index (χ1v) is 11.3. The van der Waals surface area contributed by atoms with Crippen LogP contribution in [-0.2, 0) is 6.54 Å². The third kappa shape index (κ3) is 4.01. The first kappa shape index (κ1) is 21.6. The SMILES string of the molecule is C[C@@]12C[C@@H](NC(=O)N1c1cccc(C(=O)NCc3ccccc3Cl)c1)c1cc(Cl)ccc1O2. The minimum atomic E-state index is -0.916. The van der Waals surface area contributed by atoms with Gasteiger partial charge in [-0.3, -0.25) is 9.69 Å². The number of nitrogens with one attached hydrogen (secondary N) is 2. The van der Waals surface area contributed by atoms with E-state index in [1.807, 2.05) is 37.3 Å². The molecule has 0 aliphatic carbocycles. The number of carbonyl (C=O) groups excluding carboxylic acids is 2. The lowest BCUT2D eigenvalue weighted by Gasteiger charge is -2.50. The third-order valence-electron chi connectivity index (χ3n) is 6.00. The van der Waals surface area contributed by atoms with Crippen molar-refractivity contribution in [3.63, 3.8) is 0 Å². The summed E-state index contributed by atoms with van der Waals surface area (Å²) in [5, 5.41) is 7.11. The molecule has 2 atom stereocenters. The second-order valence-corrected chi connectivity index (χ2v) is 9.17. The number of hydrogen-bond donors (Lipinski definition) is 2. The van der Waals surface area contributed by atoms with Crippen LogP contribution in [0, 0.1) is 0 Å². The molecule has 5 rings (SSSR count). The molecule has 3 aromatic rings. The summed E-state index contributed by atoms with van der Waals surface area (Å²) in [5.41, 5.74) is 1.77.